The summed E-state index contributed by atoms with van der Waals surface area (Å²) >= 11 is 6.17. The largest absolute Gasteiger partial charge is 0.381 e. The van der Waals surface area contributed by atoms with Crippen molar-refractivity contribution in [3.8, 4) is 0 Å². The third-order valence-electron chi connectivity index (χ3n) is 3.95. The van der Waals surface area contributed by atoms with Gasteiger partial charge in [-0.15, -0.1) is 0 Å². The lowest BCUT2D eigenvalue weighted by Gasteiger charge is -2.11. The molecule has 3 nitrogen and oxygen atoms in total. The molecule has 2 saturated heterocycles. The number of aryl methyl sites for hydroxylation is 1. The molecule has 1 unspecified atom stereocenters. The van der Waals surface area contributed by atoms with E-state index in [4.69, 9.17) is 16.3 Å². The minimum absolute atomic E-state index is 0.782. The van der Waals surface area contributed by atoms with Gasteiger partial charge in [-0.3, -0.25) is 0 Å². The average Bonchev–Trinajstić information content (AvgIpc) is 3.16. The first kappa shape index (κ1) is 16.8. The predicted molar refractivity (Wildman–Crippen MR) is 88.9 cm³/mol. The van der Waals surface area contributed by atoms with Gasteiger partial charge in [-0.25, -0.2) is 0 Å². The molecule has 0 aromatic heterocycles. The molecule has 1 atom stereocenters. The molecule has 118 valence electrons. The van der Waals surface area contributed by atoms with Crippen LogP contribution in [0.5, 0.6) is 0 Å². The average molecular weight is 311 g/mol. The minimum Gasteiger partial charge on any atom is -0.381 e. The van der Waals surface area contributed by atoms with Crippen LogP contribution >= 0.6 is 11.6 Å². The summed E-state index contributed by atoms with van der Waals surface area (Å²) in [5.74, 6) is 0.782. The van der Waals surface area contributed by atoms with Gasteiger partial charge in [0.1, 0.15) is 0 Å². The number of hydrogen-bond acceptors (Lipinski definition) is 3. The quantitative estimate of drug-likeness (QED) is 0.896. The third kappa shape index (κ3) is 6.35. The van der Waals surface area contributed by atoms with Crippen LogP contribution in [0.25, 0.3) is 0 Å². The zero-order chi connectivity index (χ0) is 14.9. The Morgan fingerprint density at radius 2 is 2.14 bits per heavy atom. The van der Waals surface area contributed by atoms with Crippen LogP contribution < -0.4 is 10.6 Å². The SMILES string of the molecule is C1CCOC1.Cc1ccc(CNCC2CCNC2)c(Cl)c1. The summed E-state index contributed by atoms with van der Waals surface area (Å²) in [6, 6.07) is 6.24. The van der Waals surface area contributed by atoms with Gasteiger partial charge in [0.15, 0.2) is 0 Å². The standard InChI is InChI=1S/C13H19ClN2.C4H8O/c1-10-2-3-12(13(14)6-10)9-16-8-11-4-5-15-7-11;1-2-4-5-3-1/h2-3,6,11,15-16H,4-5,7-9H2,1H3;1-4H2. The van der Waals surface area contributed by atoms with Crippen LogP contribution in [-0.4, -0.2) is 32.8 Å². The van der Waals surface area contributed by atoms with Crippen LogP contribution in [0.3, 0.4) is 0 Å². The molecule has 0 amide bonds. The first-order valence-corrected chi connectivity index (χ1v) is 8.37. The van der Waals surface area contributed by atoms with Gasteiger partial charge < -0.3 is 15.4 Å². The molecule has 4 heteroatoms. The Labute approximate surface area is 133 Å². The smallest absolute Gasteiger partial charge is 0.0466 e. The molecule has 2 aliphatic heterocycles. The summed E-state index contributed by atoms with van der Waals surface area (Å²) in [6.45, 7) is 8.33. The van der Waals surface area contributed by atoms with Crippen LogP contribution in [-0.2, 0) is 11.3 Å². The van der Waals surface area contributed by atoms with Crippen LogP contribution in [0, 0.1) is 12.8 Å². The van der Waals surface area contributed by atoms with Crippen LogP contribution in [0.4, 0.5) is 0 Å². The number of ether oxygens (including phenoxy) is 1. The van der Waals surface area contributed by atoms with E-state index in [1.807, 2.05) is 6.07 Å². The Hall–Kier alpha value is -0.610. The molecule has 2 fully saturated rings. The maximum absolute atomic E-state index is 6.17. The molecule has 1 aromatic rings. The van der Waals surface area contributed by atoms with Gasteiger partial charge in [-0.05, 0) is 68.9 Å². The topological polar surface area (TPSA) is 33.3 Å². The van der Waals surface area contributed by atoms with Crippen molar-refractivity contribution in [2.45, 2.75) is 32.7 Å². The van der Waals surface area contributed by atoms with Crippen molar-refractivity contribution in [2.24, 2.45) is 5.92 Å². The lowest BCUT2D eigenvalue weighted by atomic mass is 10.1. The minimum atomic E-state index is 0.782. The van der Waals surface area contributed by atoms with Crippen molar-refractivity contribution in [1.82, 2.24) is 10.6 Å². The van der Waals surface area contributed by atoms with E-state index in [2.05, 4.69) is 29.7 Å². The number of nitrogens with one attached hydrogen (secondary N) is 2. The molecule has 21 heavy (non-hydrogen) atoms. The molecule has 0 aliphatic carbocycles. The van der Waals surface area contributed by atoms with Gasteiger partial charge in [0, 0.05) is 24.8 Å². The lowest BCUT2D eigenvalue weighted by Crippen LogP contribution is -2.24. The zero-order valence-electron chi connectivity index (χ0n) is 13.0. The molecule has 2 heterocycles. The van der Waals surface area contributed by atoms with E-state index in [0.717, 1.165) is 50.3 Å². The summed E-state index contributed by atoms with van der Waals surface area (Å²) in [5, 5.41) is 7.73. The molecule has 0 saturated carbocycles. The maximum atomic E-state index is 6.17. The van der Waals surface area contributed by atoms with Gasteiger partial charge >= 0.3 is 0 Å². The van der Waals surface area contributed by atoms with Gasteiger partial charge in [-0.2, -0.15) is 0 Å². The molecular formula is C17H27ClN2O. The van der Waals surface area contributed by atoms with Gasteiger partial charge in [0.2, 0.25) is 0 Å². The third-order valence-corrected chi connectivity index (χ3v) is 4.30. The van der Waals surface area contributed by atoms with Crippen molar-refractivity contribution in [1.29, 1.82) is 0 Å². The molecule has 0 bridgehead atoms. The highest BCUT2D eigenvalue weighted by atomic mass is 35.5. The Kier molecular flexibility index (Phi) is 7.51. The fourth-order valence-corrected chi connectivity index (χ4v) is 2.91. The monoisotopic (exact) mass is 310 g/mol. The van der Waals surface area contributed by atoms with Crippen molar-refractivity contribution < 1.29 is 4.74 Å². The van der Waals surface area contributed by atoms with Gasteiger partial charge in [0.25, 0.3) is 0 Å². The fourth-order valence-electron chi connectivity index (χ4n) is 2.61. The molecular weight excluding hydrogens is 284 g/mol. The van der Waals surface area contributed by atoms with E-state index in [1.165, 1.54) is 30.4 Å². The summed E-state index contributed by atoms with van der Waals surface area (Å²) in [4.78, 5) is 0. The molecule has 2 N–H and O–H groups in total. The van der Waals surface area contributed by atoms with Gasteiger partial charge in [-0.1, -0.05) is 23.7 Å². The van der Waals surface area contributed by atoms with Crippen LogP contribution in [0.15, 0.2) is 18.2 Å². The summed E-state index contributed by atoms with van der Waals surface area (Å²) in [6.07, 6.45) is 3.84. The van der Waals surface area contributed by atoms with E-state index in [0.29, 0.717) is 0 Å². The van der Waals surface area contributed by atoms with Gasteiger partial charge in [0.05, 0.1) is 0 Å². The fraction of sp³-hybridized carbons (Fsp3) is 0.647. The highest BCUT2D eigenvalue weighted by Crippen LogP contribution is 2.17. The van der Waals surface area contributed by atoms with E-state index in [9.17, 15) is 0 Å². The Bertz CT molecular complexity index is 408. The maximum Gasteiger partial charge on any atom is 0.0466 e. The Balaban J connectivity index is 0.000000272. The molecule has 1 aromatic carbocycles. The Morgan fingerprint density at radius 3 is 2.71 bits per heavy atom. The number of hydrogen-bond donors (Lipinski definition) is 2. The second kappa shape index (κ2) is 9.42. The second-order valence-corrected chi connectivity index (χ2v) is 6.31. The van der Waals surface area contributed by atoms with Crippen molar-refractivity contribution >= 4 is 11.6 Å². The number of rotatable bonds is 4. The van der Waals surface area contributed by atoms with E-state index in [1.54, 1.807) is 0 Å². The van der Waals surface area contributed by atoms with E-state index < -0.39 is 0 Å². The number of benzene rings is 1. The molecule has 0 spiro atoms. The molecule has 0 radical (unpaired) electrons. The predicted octanol–water partition coefficient (Wildman–Crippen LogP) is 3.14. The lowest BCUT2D eigenvalue weighted by molar-refractivity contribution is 0.198. The summed E-state index contributed by atoms with van der Waals surface area (Å²) in [7, 11) is 0. The first-order valence-electron chi connectivity index (χ1n) is 8.00. The van der Waals surface area contributed by atoms with Crippen molar-refractivity contribution in [3.05, 3.63) is 34.3 Å². The summed E-state index contributed by atoms with van der Waals surface area (Å²) < 4.78 is 4.94. The van der Waals surface area contributed by atoms with E-state index >= 15 is 0 Å². The number of halogens is 1. The van der Waals surface area contributed by atoms with Crippen LogP contribution in [0.2, 0.25) is 5.02 Å². The Morgan fingerprint density at radius 1 is 1.33 bits per heavy atom. The zero-order valence-corrected chi connectivity index (χ0v) is 13.7. The van der Waals surface area contributed by atoms with Crippen molar-refractivity contribution in [3.63, 3.8) is 0 Å². The van der Waals surface area contributed by atoms with Crippen molar-refractivity contribution in [2.75, 3.05) is 32.8 Å². The normalized spacial score (nSPS) is 21.1. The highest BCUT2D eigenvalue weighted by molar-refractivity contribution is 6.31. The van der Waals surface area contributed by atoms with Crippen LogP contribution in [0.1, 0.15) is 30.4 Å². The highest BCUT2D eigenvalue weighted by Gasteiger charge is 2.13. The summed E-state index contributed by atoms with van der Waals surface area (Å²) in [5.41, 5.74) is 2.41. The first-order chi connectivity index (χ1) is 10.3. The molecule has 2 aliphatic rings. The van der Waals surface area contributed by atoms with E-state index in [-0.39, 0.29) is 0 Å². The second-order valence-electron chi connectivity index (χ2n) is 5.90. The molecule has 3 rings (SSSR count).